The molecule has 2 aromatic rings. The van der Waals surface area contributed by atoms with Crippen molar-refractivity contribution in [1.82, 2.24) is 9.91 Å². The van der Waals surface area contributed by atoms with Crippen molar-refractivity contribution < 1.29 is 28.3 Å². The molecule has 9 heteroatoms. The fraction of sp³-hybridized carbons (Fsp3) is 0.481. The molecule has 2 aliphatic heterocycles. The van der Waals surface area contributed by atoms with Crippen molar-refractivity contribution in [3.63, 3.8) is 0 Å². The lowest BCUT2D eigenvalue weighted by Gasteiger charge is -2.32. The van der Waals surface area contributed by atoms with Crippen LogP contribution in [0, 0.1) is 12.8 Å². The quantitative estimate of drug-likeness (QED) is 0.568. The first kappa shape index (κ1) is 25.5. The van der Waals surface area contributed by atoms with Crippen molar-refractivity contribution in [2.45, 2.75) is 58.6 Å². The Morgan fingerprint density at radius 2 is 1.78 bits per heavy atom. The fourth-order valence-corrected chi connectivity index (χ4v) is 4.30. The molecule has 1 saturated heterocycles. The van der Waals surface area contributed by atoms with Gasteiger partial charge in [0.05, 0.1) is 17.9 Å². The van der Waals surface area contributed by atoms with Gasteiger partial charge < -0.3 is 18.8 Å². The molecule has 2 amide bonds. The molecule has 0 saturated carbocycles. The van der Waals surface area contributed by atoms with Gasteiger partial charge in [-0.2, -0.15) is 5.10 Å². The van der Waals surface area contributed by atoms with E-state index in [1.807, 2.05) is 58.0 Å². The lowest BCUT2D eigenvalue weighted by molar-refractivity contribution is -0.157. The Balaban J connectivity index is 1.34. The van der Waals surface area contributed by atoms with E-state index in [9.17, 15) is 14.4 Å². The van der Waals surface area contributed by atoms with Crippen molar-refractivity contribution >= 4 is 23.7 Å². The van der Waals surface area contributed by atoms with Crippen molar-refractivity contribution in [3.05, 3.63) is 59.5 Å². The molecule has 1 aromatic carbocycles. The summed E-state index contributed by atoms with van der Waals surface area (Å²) >= 11 is 0. The molecule has 0 bridgehead atoms. The zero-order valence-electron chi connectivity index (χ0n) is 21.2. The highest BCUT2D eigenvalue weighted by Gasteiger charge is 2.36. The van der Waals surface area contributed by atoms with Gasteiger partial charge in [0.15, 0.2) is 6.61 Å². The Kier molecular flexibility index (Phi) is 7.47. The smallest absolute Gasteiger partial charge is 0.410 e. The summed E-state index contributed by atoms with van der Waals surface area (Å²) in [5, 5.41) is 5.92. The molecule has 9 nitrogen and oxygen atoms in total. The highest BCUT2D eigenvalue weighted by Crippen LogP contribution is 2.33. The zero-order chi connectivity index (χ0) is 25.9. The van der Waals surface area contributed by atoms with Gasteiger partial charge in [-0.3, -0.25) is 9.59 Å². The molecule has 2 aliphatic rings. The minimum atomic E-state index is -0.571. The third-order valence-corrected chi connectivity index (χ3v) is 6.24. The van der Waals surface area contributed by atoms with Crippen LogP contribution >= 0.6 is 0 Å². The van der Waals surface area contributed by atoms with Crippen LogP contribution in [0.3, 0.4) is 0 Å². The first-order valence-electron chi connectivity index (χ1n) is 12.3. The van der Waals surface area contributed by atoms with Crippen LogP contribution in [0.2, 0.25) is 0 Å². The van der Waals surface area contributed by atoms with Crippen molar-refractivity contribution in [2.75, 3.05) is 19.7 Å². The van der Waals surface area contributed by atoms with Crippen molar-refractivity contribution in [3.8, 4) is 0 Å². The zero-order valence-corrected chi connectivity index (χ0v) is 21.2. The number of hydrazone groups is 1. The van der Waals surface area contributed by atoms with E-state index in [-0.39, 0.29) is 12.0 Å². The van der Waals surface area contributed by atoms with E-state index in [2.05, 4.69) is 5.10 Å². The largest absolute Gasteiger partial charge is 0.467 e. The predicted octanol–water partition coefficient (Wildman–Crippen LogP) is 4.46. The normalized spacial score (nSPS) is 18.7. The lowest BCUT2D eigenvalue weighted by Crippen LogP contribution is -2.43. The Morgan fingerprint density at radius 1 is 1.08 bits per heavy atom. The van der Waals surface area contributed by atoms with E-state index < -0.39 is 30.1 Å². The molecule has 1 atom stereocenters. The molecule has 4 rings (SSSR count). The van der Waals surface area contributed by atoms with Crippen LogP contribution in [0.25, 0.3) is 0 Å². The van der Waals surface area contributed by atoms with Gasteiger partial charge in [0.1, 0.15) is 17.4 Å². The first-order valence-corrected chi connectivity index (χ1v) is 12.3. The number of nitrogens with zero attached hydrogens (tertiary/aromatic N) is 3. The van der Waals surface area contributed by atoms with Crippen LogP contribution < -0.4 is 0 Å². The minimum Gasteiger partial charge on any atom is -0.467 e. The van der Waals surface area contributed by atoms with Crippen LogP contribution in [0.5, 0.6) is 0 Å². The second kappa shape index (κ2) is 10.6. The number of carbonyl (C=O) groups excluding carboxylic acids is 3. The third-order valence-electron chi connectivity index (χ3n) is 6.24. The first-order chi connectivity index (χ1) is 17.1. The van der Waals surface area contributed by atoms with E-state index >= 15 is 0 Å². The SMILES string of the molecule is Cc1ccc(C2=NN(C(=O)COC(=O)C3CCN(C(=O)OC(C)(C)C)CC3)C(c3ccco3)C2)cc1. The van der Waals surface area contributed by atoms with Gasteiger partial charge in [-0.1, -0.05) is 29.8 Å². The summed E-state index contributed by atoms with van der Waals surface area (Å²) in [5.41, 5.74) is 2.27. The second-order valence-corrected chi connectivity index (χ2v) is 10.2. The number of esters is 1. The van der Waals surface area contributed by atoms with Crippen molar-refractivity contribution in [2.24, 2.45) is 11.0 Å². The molecule has 3 heterocycles. The molecular formula is C27H33N3O6. The molecule has 0 N–H and O–H groups in total. The van der Waals surface area contributed by atoms with E-state index in [1.165, 1.54) is 5.01 Å². The number of piperidine rings is 1. The Hall–Kier alpha value is -3.62. The fourth-order valence-electron chi connectivity index (χ4n) is 4.30. The average Bonchev–Trinajstić information content (AvgIpc) is 3.52. The highest BCUT2D eigenvalue weighted by atomic mass is 16.6. The van der Waals surface area contributed by atoms with E-state index in [1.54, 1.807) is 17.2 Å². The molecular weight excluding hydrogens is 462 g/mol. The minimum absolute atomic E-state index is 0.373. The summed E-state index contributed by atoms with van der Waals surface area (Å²) in [4.78, 5) is 39.6. The van der Waals surface area contributed by atoms with Crippen LogP contribution in [-0.4, -0.2) is 58.9 Å². The topological polar surface area (TPSA) is 102 Å². The summed E-state index contributed by atoms with van der Waals surface area (Å²) in [6.45, 7) is 7.85. The van der Waals surface area contributed by atoms with Gasteiger partial charge in [-0.15, -0.1) is 0 Å². The maximum atomic E-state index is 13.1. The average molecular weight is 496 g/mol. The number of amides is 2. The highest BCUT2D eigenvalue weighted by molar-refractivity contribution is 6.03. The molecule has 1 unspecified atom stereocenters. The van der Waals surface area contributed by atoms with Crippen LogP contribution in [0.1, 0.15) is 63.0 Å². The second-order valence-electron chi connectivity index (χ2n) is 10.2. The summed E-state index contributed by atoms with van der Waals surface area (Å²) in [5.74, 6) is -0.612. The Bertz CT molecular complexity index is 1110. The molecule has 0 radical (unpaired) electrons. The maximum absolute atomic E-state index is 13.1. The van der Waals surface area contributed by atoms with Crippen LogP contribution in [-0.2, 0) is 19.1 Å². The van der Waals surface area contributed by atoms with E-state index in [4.69, 9.17) is 13.9 Å². The molecule has 192 valence electrons. The number of hydrogen-bond donors (Lipinski definition) is 0. The van der Waals surface area contributed by atoms with Crippen LogP contribution in [0.15, 0.2) is 52.2 Å². The van der Waals surface area contributed by atoms with Crippen LogP contribution in [0.4, 0.5) is 4.79 Å². The van der Waals surface area contributed by atoms with Gasteiger partial charge in [0.2, 0.25) is 0 Å². The monoisotopic (exact) mass is 495 g/mol. The number of hydrogen-bond acceptors (Lipinski definition) is 7. The number of likely N-dealkylation sites (tertiary alicyclic amines) is 1. The Morgan fingerprint density at radius 3 is 2.39 bits per heavy atom. The summed E-state index contributed by atoms with van der Waals surface area (Å²) in [6.07, 6.45) is 2.59. The molecule has 0 aliphatic carbocycles. The molecule has 0 spiro atoms. The standard InChI is InChI=1S/C27H33N3O6/c1-18-7-9-19(10-8-18)21-16-22(23-6-5-15-34-23)30(28-21)24(31)17-35-25(32)20-11-13-29(14-12-20)26(33)36-27(2,3)4/h5-10,15,20,22H,11-14,16-17H2,1-4H3. The van der Waals surface area contributed by atoms with Crippen molar-refractivity contribution in [1.29, 1.82) is 0 Å². The number of benzene rings is 1. The summed E-state index contributed by atoms with van der Waals surface area (Å²) < 4.78 is 16.4. The van der Waals surface area contributed by atoms with E-state index in [0.29, 0.717) is 38.1 Å². The molecule has 1 aromatic heterocycles. The maximum Gasteiger partial charge on any atom is 0.410 e. The van der Waals surface area contributed by atoms with E-state index in [0.717, 1.165) is 16.8 Å². The number of aryl methyl sites for hydroxylation is 1. The lowest BCUT2D eigenvalue weighted by atomic mass is 9.97. The van der Waals surface area contributed by atoms with Gasteiger partial charge in [0.25, 0.3) is 5.91 Å². The van der Waals surface area contributed by atoms with Gasteiger partial charge in [-0.25, -0.2) is 9.80 Å². The van der Waals surface area contributed by atoms with Gasteiger partial charge in [0, 0.05) is 19.5 Å². The summed E-state index contributed by atoms with van der Waals surface area (Å²) in [7, 11) is 0. The molecule has 36 heavy (non-hydrogen) atoms. The number of ether oxygens (including phenoxy) is 2. The number of carbonyl (C=O) groups is 3. The van der Waals surface area contributed by atoms with Gasteiger partial charge in [-0.05, 0) is 58.2 Å². The Labute approximate surface area is 211 Å². The molecule has 1 fully saturated rings. The van der Waals surface area contributed by atoms with Gasteiger partial charge >= 0.3 is 12.1 Å². The third kappa shape index (κ3) is 6.13. The predicted molar refractivity (Wildman–Crippen MR) is 132 cm³/mol. The number of furan rings is 1. The summed E-state index contributed by atoms with van der Waals surface area (Å²) in [6, 6.07) is 11.1. The number of rotatable bonds is 5.